The molecule has 1 amide bonds. The molecule has 120 valence electrons. The molecule has 1 aromatic carbocycles. The molecule has 1 aromatic rings. The van der Waals surface area contributed by atoms with E-state index in [4.69, 9.17) is 9.84 Å². The average molecular weight is 305 g/mol. The van der Waals surface area contributed by atoms with Crippen molar-refractivity contribution in [3.05, 3.63) is 29.8 Å². The van der Waals surface area contributed by atoms with E-state index in [1.165, 1.54) is 5.56 Å². The van der Waals surface area contributed by atoms with Gasteiger partial charge in [-0.1, -0.05) is 18.6 Å². The number of unbranched alkanes of at least 4 members (excludes halogenated alkanes) is 2. The van der Waals surface area contributed by atoms with Crippen LogP contribution in [-0.2, 0) is 16.0 Å². The van der Waals surface area contributed by atoms with Crippen molar-refractivity contribution in [3.63, 3.8) is 0 Å². The predicted octanol–water partition coefficient (Wildman–Crippen LogP) is 2.53. The van der Waals surface area contributed by atoms with E-state index in [0.29, 0.717) is 19.3 Å². The second-order valence-corrected chi connectivity index (χ2v) is 5.84. The van der Waals surface area contributed by atoms with Crippen molar-refractivity contribution in [2.24, 2.45) is 0 Å². The topological polar surface area (TPSA) is 75.6 Å². The minimum absolute atomic E-state index is 0.149. The first-order valence-electron chi connectivity index (χ1n) is 7.73. The monoisotopic (exact) mass is 305 g/mol. The van der Waals surface area contributed by atoms with Gasteiger partial charge in [0.15, 0.2) is 0 Å². The molecule has 0 radical (unpaired) electrons. The Morgan fingerprint density at radius 3 is 2.41 bits per heavy atom. The van der Waals surface area contributed by atoms with Crippen molar-refractivity contribution in [2.45, 2.75) is 50.5 Å². The van der Waals surface area contributed by atoms with Gasteiger partial charge in [-0.25, -0.2) is 4.79 Å². The zero-order valence-electron chi connectivity index (χ0n) is 12.9. The van der Waals surface area contributed by atoms with Crippen LogP contribution < -0.4 is 10.1 Å². The molecule has 1 aliphatic rings. The third-order valence-corrected chi connectivity index (χ3v) is 4.07. The first kappa shape index (κ1) is 16.3. The van der Waals surface area contributed by atoms with Crippen LogP contribution in [0.3, 0.4) is 0 Å². The van der Waals surface area contributed by atoms with E-state index in [-0.39, 0.29) is 5.91 Å². The molecule has 0 spiro atoms. The van der Waals surface area contributed by atoms with Gasteiger partial charge in [0.2, 0.25) is 5.91 Å². The molecule has 1 aliphatic carbocycles. The molecule has 2 N–H and O–H groups in total. The van der Waals surface area contributed by atoms with Crippen molar-refractivity contribution in [3.8, 4) is 5.75 Å². The summed E-state index contributed by atoms with van der Waals surface area (Å²) in [5.74, 6) is -0.211. The normalized spacial score (nSPS) is 15.1. The van der Waals surface area contributed by atoms with Crippen LogP contribution >= 0.6 is 0 Å². The molecule has 0 unspecified atom stereocenters. The third kappa shape index (κ3) is 4.48. The Kier molecular flexibility index (Phi) is 5.41. The summed E-state index contributed by atoms with van der Waals surface area (Å²) in [5.41, 5.74) is 0.299. The summed E-state index contributed by atoms with van der Waals surface area (Å²) in [6, 6.07) is 8.00. The van der Waals surface area contributed by atoms with Crippen molar-refractivity contribution in [1.82, 2.24) is 5.32 Å². The first-order chi connectivity index (χ1) is 10.6. The summed E-state index contributed by atoms with van der Waals surface area (Å²) in [6.07, 6.45) is 5.24. The number of ether oxygens (including phenoxy) is 1. The predicted molar refractivity (Wildman–Crippen MR) is 82.9 cm³/mol. The second-order valence-electron chi connectivity index (χ2n) is 5.84. The number of rotatable bonds is 9. The lowest BCUT2D eigenvalue weighted by Crippen LogP contribution is -2.42. The Labute approximate surface area is 130 Å². The highest BCUT2D eigenvalue weighted by atomic mass is 16.5. The molecule has 5 nitrogen and oxygen atoms in total. The van der Waals surface area contributed by atoms with E-state index in [1.807, 2.05) is 12.1 Å². The van der Waals surface area contributed by atoms with Crippen LogP contribution in [0, 0.1) is 0 Å². The zero-order valence-corrected chi connectivity index (χ0v) is 12.9. The van der Waals surface area contributed by atoms with Crippen LogP contribution in [0.2, 0.25) is 0 Å². The first-order valence-corrected chi connectivity index (χ1v) is 7.73. The molecule has 0 aliphatic heterocycles. The van der Waals surface area contributed by atoms with Gasteiger partial charge in [-0.2, -0.15) is 0 Å². The van der Waals surface area contributed by atoms with Crippen LogP contribution in [0.15, 0.2) is 24.3 Å². The van der Waals surface area contributed by atoms with Gasteiger partial charge in [0.25, 0.3) is 0 Å². The highest BCUT2D eigenvalue weighted by molar-refractivity contribution is 5.89. The number of aliphatic carboxylic acids is 1. The average Bonchev–Trinajstić information content (AvgIpc) is 3.28. The molecule has 0 atom stereocenters. The molecule has 2 rings (SSSR count). The molecule has 5 heteroatoms. The Balaban J connectivity index is 1.59. The number of aryl methyl sites for hydroxylation is 1. The van der Waals surface area contributed by atoms with E-state index in [2.05, 4.69) is 17.4 Å². The number of hydrogen-bond acceptors (Lipinski definition) is 3. The second kappa shape index (κ2) is 7.29. The van der Waals surface area contributed by atoms with Crippen LogP contribution in [0.25, 0.3) is 0 Å². The largest absolute Gasteiger partial charge is 0.497 e. The molecule has 0 heterocycles. The highest BCUT2D eigenvalue weighted by Gasteiger charge is 2.51. The fraction of sp³-hybridized carbons (Fsp3) is 0.529. The van der Waals surface area contributed by atoms with Gasteiger partial charge >= 0.3 is 5.97 Å². The van der Waals surface area contributed by atoms with E-state index in [0.717, 1.165) is 31.4 Å². The standard InChI is InChI=1S/C17H23NO4/c1-22-14-9-7-13(8-10-14)5-3-2-4-6-15(19)18-17(11-12-17)16(20)21/h7-10H,2-6,11-12H2,1H3,(H,18,19)(H,20,21). The summed E-state index contributed by atoms with van der Waals surface area (Å²) in [4.78, 5) is 22.7. The van der Waals surface area contributed by atoms with Crippen molar-refractivity contribution < 1.29 is 19.4 Å². The Morgan fingerprint density at radius 2 is 1.86 bits per heavy atom. The van der Waals surface area contributed by atoms with Crippen molar-refractivity contribution in [2.75, 3.05) is 7.11 Å². The van der Waals surface area contributed by atoms with Gasteiger partial charge in [0, 0.05) is 6.42 Å². The molecular formula is C17H23NO4. The minimum atomic E-state index is -0.958. The molecule has 1 saturated carbocycles. The van der Waals surface area contributed by atoms with Crippen molar-refractivity contribution in [1.29, 1.82) is 0 Å². The number of carbonyl (C=O) groups is 2. The lowest BCUT2D eigenvalue weighted by molar-refractivity contribution is -0.143. The Bertz CT molecular complexity index is 520. The smallest absolute Gasteiger partial charge is 0.329 e. The fourth-order valence-electron chi connectivity index (χ4n) is 2.43. The third-order valence-electron chi connectivity index (χ3n) is 4.07. The maximum absolute atomic E-state index is 11.7. The van der Waals surface area contributed by atoms with Crippen LogP contribution in [-0.4, -0.2) is 29.6 Å². The lowest BCUT2D eigenvalue weighted by atomic mass is 10.1. The summed E-state index contributed by atoms with van der Waals surface area (Å²) >= 11 is 0. The molecule has 0 aromatic heterocycles. The van der Waals surface area contributed by atoms with Crippen LogP contribution in [0.4, 0.5) is 0 Å². The Morgan fingerprint density at radius 1 is 1.18 bits per heavy atom. The number of benzene rings is 1. The maximum Gasteiger partial charge on any atom is 0.329 e. The number of methoxy groups -OCH3 is 1. The SMILES string of the molecule is COc1ccc(CCCCCC(=O)NC2(C(=O)O)CC2)cc1. The number of carbonyl (C=O) groups excluding carboxylic acids is 1. The van der Waals surface area contributed by atoms with Gasteiger partial charge in [0.05, 0.1) is 7.11 Å². The van der Waals surface area contributed by atoms with Gasteiger partial charge in [-0.05, 0) is 49.8 Å². The van der Waals surface area contributed by atoms with E-state index >= 15 is 0 Å². The van der Waals surface area contributed by atoms with Crippen LogP contribution in [0.5, 0.6) is 5.75 Å². The van der Waals surface area contributed by atoms with Crippen molar-refractivity contribution >= 4 is 11.9 Å². The molecule has 0 bridgehead atoms. The number of amides is 1. The maximum atomic E-state index is 11.7. The van der Waals surface area contributed by atoms with Gasteiger partial charge < -0.3 is 15.2 Å². The van der Waals surface area contributed by atoms with Gasteiger partial charge in [0.1, 0.15) is 11.3 Å². The molecule has 1 fully saturated rings. The molecule has 22 heavy (non-hydrogen) atoms. The summed E-state index contributed by atoms with van der Waals surface area (Å²) < 4.78 is 5.11. The lowest BCUT2D eigenvalue weighted by Gasteiger charge is -2.12. The Hall–Kier alpha value is -2.04. The van der Waals surface area contributed by atoms with Gasteiger partial charge in [-0.3, -0.25) is 4.79 Å². The fourth-order valence-corrected chi connectivity index (χ4v) is 2.43. The van der Waals surface area contributed by atoms with E-state index in [9.17, 15) is 9.59 Å². The summed E-state index contributed by atoms with van der Waals surface area (Å²) in [7, 11) is 1.65. The number of carboxylic acids is 1. The molecular weight excluding hydrogens is 282 g/mol. The van der Waals surface area contributed by atoms with E-state index in [1.54, 1.807) is 7.11 Å². The number of hydrogen-bond donors (Lipinski definition) is 2. The summed E-state index contributed by atoms with van der Waals surface area (Å²) in [6.45, 7) is 0. The number of carboxylic acid groups (broad SMARTS) is 1. The number of nitrogens with one attached hydrogen (secondary N) is 1. The zero-order chi connectivity index (χ0) is 16.0. The minimum Gasteiger partial charge on any atom is -0.497 e. The highest BCUT2D eigenvalue weighted by Crippen LogP contribution is 2.35. The molecule has 0 saturated heterocycles. The quantitative estimate of drug-likeness (QED) is 0.687. The van der Waals surface area contributed by atoms with Gasteiger partial charge in [-0.15, -0.1) is 0 Å². The summed E-state index contributed by atoms with van der Waals surface area (Å²) in [5, 5.41) is 11.6. The van der Waals surface area contributed by atoms with E-state index < -0.39 is 11.5 Å². The van der Waals surface area contributed by atoms with Crippen LogP contribution in [0.1, 0.15) is 44.1 Å².